The molecule has 0 radical (unpaired) electrons. The molecule has 0 rings (SSSR count). The van der Waals surface area contributed by atoms with Gasteiger partial charge in [0.1, 0.15) is 0 Å². The van der Waals surface area contributed by atoms with Gasteiger partial charge >= 0.3 is 0 Å². The van der Waals surface area contributed by atoms with E-state index in [0.29, 0.717) is 39.3 Å². The lowest BCUT2D eigenvalue weighted by Gasteiger charge is -2.26. The topological polar surface area (TPSA) is 87.4 Å². The highest BCUT2D eigenvalue weighted by molar-refractivity contribution is 4.85. The first-order chi connectivity index (χ1) is 9.63. The molecule has 0 aromatic carbocycles. The Balaban J connectivity index is 4.33. The quantitative estimate of drug-likeness (QED) is 0.427. The van der Waals surface area contributed by atoms with Crippen molar-refractivity contribution in [3.05, 3.63) is 37.0 Å². The van der Waals surface area contributed by atoms with Gasteiger partial charge in [0.25, 0.3) is 0 Å². The number of nitrogens with zero attached hydrogens (tertiary/aromatic N) is 2. The van der Waals surface area contributed by atoms with E-state index in [1.807, 2.05) is 9.80 Å². The van der Waals surface area contributed by atoms with Crippen LogP contribution in [-0.4, -0.2) is 75.6 Å². The van der Waals surface area contributed by atoms with Gasteiger partial charge in [0, 0.05) is 39.3 Å². The molecule has 0 fully saturated rings. The second-order valence-corrected chi connectivity index (χ2v) is 4.52. The molecule has 0 aromatic rings. The van der Waals surface area contributed by atoms with E-state index in [4.69, 9.17) is 15.3 Å². The van der Waals surface area contributed by atoms with Gasteiger partial charge in [-0.1, -0.05) is 0 Å². The molecule has 0 aliphatic heterocycles. The summed E-state index contributed by atoms with van der Waals surface area (Å²) in [5.41, 5.74) is 0. The van der Waals surface area contributed by atoms with E-state index in [0.717, 1.165) is 18.8 Å². The maximum absolute atomic E-state index is 9.44. The van der Waals surface area contributed by atoms with E-state index in [-0.39, 0.29) is 0 Å². The average molecular weight is 286 g/mol. The van der Waals surface area contributed by atoms with Crippen LogP contribution in [0.3, 0.4) is 0 Å². The van der Waals surface area contributed by atoms with E-state index in [1.165, 1.54) is 0 Å². The van der Waals surface area contributed by atoms with Crippen molar-refractivity contribution in [1.29, 1.82) is 0 Å². The molecule has 4 N–H and O–H groups in total. The molecule has 6 nitrogen and oxygen atoms in total. The third-order valence-electron chi connectivity index (χ3n) is 2.66. The standard InChI is InChI=1S/C14H26N2O4/c1-14(20)13-16(7-4-12-19)9-8-15(5-2-10-17)6-3-11-18/h2-4,10-12,14,17-20H,5-9,13H2,1H3/b10-2+,11-3+,12-4+. The van der Waals surface area contributed by atoms with Crippen LogP contribution in [0.2, 0.25) is 0 Å². The summed E-state index contributed by atoms with van der Waals surface area (Å²) in [7, 11) is 0. The summed E-state index contributed by atoms with van der Waals surface area (Å²) in [4.78, 5) is 4.03. The van der Waals surface area contributed by atoms with Crippen molar-refractivity contribution >= 4 is 0 Å². The molecule has 1 unspecified atom stereocenters. The first-order valence-electron chi connectivity index (χ1n) is 6.64. The Morgan fingerprint density at radius 1 is 0.800 bits per heavy atom. The molecule has 116 valence electrons. The van der Waals surface area contributed by atoms with E-state index < -0.39 is 6.10 Å². The van der Waals surface area contributed by atoms with E-state index in [2.05, 4.69) is 0 Å². The fourth-order valence-electron chi connectivity index (χ4n) is 1.76. The van der Waals surface area contributed by atoms with Crippen molar-refractivity contribution < 1.29 is 20.4 Å². The Kier molecular flexibility index (Phi) is 11.6. The molecular weight excluding hydrogens is 260 g/mol. The Morgan fingerprint density at radius 3 is 1.60 bits per heavy atom. The Labute approximate surface area is 120 Å². The summed E-state index contributed by atoms with van der Waals surface area (Å²) in [6, 6.07) is 0. The summed E-state index contributed by atoms with van der Waals surface area (Å²) in [6.07, 6.45) is 7.42. The van der Waals surface area contributed by atoms with Crippen LogP contribution in [0.5, 0.6) is 0 Å². The highest BCUT2D eigenvalue weighted by atomic mass is 16.3. The van der Waals surface area contributed by atoms with Crippen LogP contribution in [0.25, 0.3) is 0 Å². The zero-order chi connectivity index (χ0) is 15.2. The maximum Gasteiger partial charge on any atom is 0.0764 e. The summed E-state index contributed by atoms with van der Waals surface area (Å²) in [6.45, 7) is 5.34. The van der Waals surface area contributed by atoms with Crippen LogP contribution in [0.1, 0.15) is 6.92 Å². The van der Waals surface area contributed by atoms with Crippen LogP contribution in [0.4, 0.5) is 0 Å². The lowest BCUT2D eigenvalue weighted by Crippen LogP contribution is -2.38. The van der Waals surface area contributed by atoms with Crippen LogP contribution in [0, 0.1) is 0 Å². The van der Waals surface area contributed by atoms with E-state index >= 15 is 0 Å². The predicted octanol–water partition coefficient (Wildman–Crippen LogP) is 1.19. The Morgan fingerprint density at radius 2 is 1.20 bits per heavy atom. The summed E-state index contributed by atoms with van der Waals surface area (Å²) >= 11 is 0. The van der Waals surface area contributed by atoms with Gasteiger partial charge in [0.2, 0.25) is 0 Å². The van der Waals surface area contributed by atoms with Gasteiger partial charge in [-0.15, -0.1) is 0 Å². The molecule has 0 bridgehead atoms. The molecule has 0 heterocycles. The molecule has 1 atom stereocenters. The van der Waals surface area contributed by atoms with Crippen molar-refractivity contribution in [3.8, 4) is 0 Å². The fraction of sp³-hybridized carbons (Fsp3) is 0.571. The van der Waals surface area contributed by atoms with Gasteiger partial charge in [-0.3, -0.25) is 9.80 Å². The Hall–Kier alpha value is -1.50. The van der Waals surface area contributed by atoms with E-state index in [9.17, 15) is 5.11 Å². The first kappa shape index (κ1) is 18.5. The van der Waals surface area contributed by atoms with Crippen LogP contribution < -0.4 is 0 Å². The lowest BCUT2D eigenvalue weighted by atomic mass is 10.3. The van der Waals surface area contributed by atoms with Crippen LogP contribution in [-0.2, 0) is 0 Å². The average Bonchev–Trinajstić information content (AvgIpc) is 2.42. The molecular formula is C14H26N2O4. The maximum atomic E-state index is 9.44. The van der Waals surface area contributed by atoms with Gasteiger partial charge in [0.05, 0.1) is 24.9 Å². The van der Waals surface area contributed by atoms with Gasteiger partial charge in [-0.05, 0) is 25.2 Å². The summed E-state index contributed by atoms with van der Waals surface area (Å²) in [5, 5.41) is 35.5. The van der Waals surface area contributed by atoms with Crippen molar-refractivity contribution in [1.82, 2.24) is 9.80 Å². The Bertz CT molecular complexity index is 290. The van der Waals surface area contributed by atoms with Crippen molar-refractivity contribution in [2.24, 2.45) is 0 Å². The molecule has 0 amide bonds. The minimum Gasteiger partial charge on any atom is -0.516 e. The smallest absolute Gasteiger partial charge is 0.0764 e. The highest BCUT2D eigenvalue weighted by Gasteiger charge is 2.09. The number of hydrogen-bond acceptors (Lipinski definition) is 6. The zero-order valence-electron chi connectivity index (χ0n) is 12.0. The van der Waals surface area contributed by atoms with Crippen molar-refractivity contribution in [2.45, 2.75) is 13.0 Å². The number of rotatable bonds is 11. The molecule has 20 heavy (non-hydrogen) atoms. The SMILES string of the molecule is CC(O)CN(C/C=C/O)CCN(C/C=C/O)C/C=C/O. The normalized spacial score (nSPS) is 14.4. The molecule has 0 saturated carbocycles. The minimum atomic E-state index is -0.440. The molecule has 0 spiro atoms. The number of hydrogen-bond donors (Lipinski definition) is 4. The first-order valence-corrected chi connectivity index (χ1v) is 6.64. The van der Waals surface area contributed by atoms with Gasteiger partial charge in [-0.25, -0.2) is 0 Å². The largest absolute Gasteiger partial charge is 0.516 e. The zero-order valence-corrected chi connectivity index (χ0v) is 12.0. The van der Waals surface area contributed by atoms with Gasteiger partial charge in [0.15, 0.2) is 0 Å². The fourth-order valence-corrected chi connectivity index (χ4v) is 1.76. The number of aliphatic hydroxyl groups excluding tert-OH is 4. The highest BCUT2D eigenvalue weighted by Crippen LogP contribution is 1.97. The number of aliphatic hydroxyl groups is 4. The van der Waals surface area contributed by atoms with Crippen LogP contribution >= 0.6 is 0 Å². The second-order valence-electron chi connectivity index (χ2n) is 4.52. The summed E-state index contributed by atoms with van der Waals surface area (Å²) < 4.78 is 0. The molecule has 0 aromatic heterocycles. The molecule has 6 heteroatoms. The van der Waals surface area contributed by atoms with Crippen molar-refractivity contribution in [3.63, 3.8) is 0 Å². The third kappa shape index (κ3) is 10.4. The van der Waals surface area contributed by atoms with Crippen molar-refractivity contribution in [2.75, 3.05) is 39.3 Å². The van der Waals surface area contributed by atoms with Gasteiger partial charge in [-0.2, -0.15) is 0 Å². The molecule has 0 saturated heterocycles. The second kappa shape index (κ2) is 12.5. The minimum absolute atomic E-state index is 0.440. The molecule has 0 aliphatic rings. The third-order valence-corrected chi connectivity index (χ3v) is 2.66. The van der Waals surface area contributed by atoms with Gasteiger partial charge < -0.3 is 20.4 Å². The lowest BCUT2D eigenvalue weighted by molar-refractivity contribution is 0.125. The van der Waals surface area contributed by atoms with Crippen LogP contribution in [0.15, 0.2) is 37.0 Å². The van der Waals surface area contributed by atoms with E-state index in [1.54, 1.807) is 25.2 Å². The molecule has 0 aliphatic carbocycles. The monoisotopic (exact) mass is 286 g/mol. The summed E-state index contributed by atoms with van der Waals surface area (Å²) in [5.74, 6) is 0. The predicted molar refractivity (Wildman–Crippen MR) is 79.9 cm³/mol.